The van der Waals surface area contributed by atoms with Gasteiger partial charge in [-0.15, -0.1) is 0 Å². The summed E-state index contributed by atoms with van der Waals surface area (Å²) in [5.74, 6) is 2.33. The minimum absolute atomic E-state index is 0.422. The van der Waals surface area contributed by atoms with Crippen molar-refractivity contribution in [1.29, 1.82) is 0 Å². The Bertz CT molecular complexity index is 3930. The van der Waals surface area contributed by atoms with Gasteiger partial charge in [0.2, 0.25) is 0 Å². The first kappa shape index (κ1) is 51.1. The molecule has 376 valence electrons. The van der Waals surface area contributed by atoms with Crippen LogP contribution in [-0.4, -0.2) is 79.8 Å². The maximum Gasteiger partial charge on any atom is 0.185 e. The number of pyridine rings is 9. The van der Waals surface area contributed by atoms with Gasteiger partial charge in [0.15, 0.2) is 12.1 Å². The maximum absolute atomic E-state index is 10.6. The van der Waals surface area contributed by atoms with Crippen molar-refractivity contribution in [2.45, 2.75) is 40.5 Å². The quantitative estimate of drug-likeness (QED) is 0.124. The highest BCUT2D eigenvalue weighted by Gasteiger charge is 2.11. The molecule has 0 atom stereocenters. The molecule has 0 bridgehead atoms. The highest BCUT2D eigenvalue weighted by molar-refractivity contribution is 5.78. The molecule has 0 fully saturated rings. The molecule has 0 aliphatic heterocycles. The Morgan fingerprint density at radius 2 is 0.855 bits per heavy atom. The molecule has 12 rings (SSSR count). The van der Waals surface area contributed by atoms with E-state index in [0.29, 0.717) is 5.82 Å². The van der Waals surface area contributed by atoms with E-state index in [9.17, 15) is 4.79 Å². The number of carbonyl (C=O) groups is 1. The molecule has 0 aliphatic rings. The van der Waals surface area contributed by atoms with Gasteiger partial charge in [0.25, 0.3) is 0 Å². The molecular weight excluding hydrogens is 947 g/mol. The van der Waals surface area contributed by atoms with E-state index in [-0.39, 0.29) is 0 Å². The van der Waals surface area contributed by atoms with E-state index in [1.54, 1.807) is 36.4 Å². The number of nitrogens with zero attached hydrogens (tertiary/aromatic N) is 15. The third-order valence-corrected chi connectivity index (χ3v) is 12.1. The van der Waals surface area contributed by atoms with Crippen molar-refractivity contribution in [3.05, 3.63) is 217 Å². The average Bonchev–Trinajstić information content (AvgIpc) is 4.15. The van der Waals surface area contributed by atoms with Crippen LogP contribution in [0.1, 0.15) is 56.4 Å². The molecule has 12 aromatic rings. The SMILES string of the molecule is Cc1ccc(-c2cn(C)c(/C=C/c3ccc4ncccc4n3)n2)cn1.Cc1ccc(-c2cn(C)c(C=O)n2)cn1.Cc1ccc(-c2cn(C)c(CCc3ccc4ncccc4n3)n2)cn1.Cc1ccc2ncccc2n1. The molecule has 0 spiro atoms. The van der Waals surface area contributed by atoms with E-state index in [1.165, 1.54) is 0 Å². The third kappa shape index (κ3) is 13.0. The fraction of sp³-hybridized carbons (Fsp3) is 0.150. The van der Waals surface area contributed by atoms with Crippen LogP contribution in [0, 0.1) is 27.7 Å². The lowest BCUT2D eigenvalue weighted by Gasteiger charge is -2.03. The number of rotatable bonds is 9. The maximum atomic E-state index is 10.6. The molecule has 0 aromatic carbocycles. The summed E-state index contributed by atoms with van der Waals surface area (Å²) in [5.41, 5.74) is 17.1. The van der Waals surface area contributed by atoms with Gasteiger partial charge in [-0.1, -0.05) is 0 Å². The fourth-order valence-corrected chi connectivity index (χ4v) is 7.90. The molecule has 12 aromatic heterocycles. The molecule has 16 heteroatoms. The van der Waals surface area contributed by atoms with E-state index >= 15 is 0 Å². The molecule has 0 amide bonds. The summed E-state index contributed by atoms with van der Waals surface area (Å²) in [6, 6.07) is 35.6. The number of fused-ring (bicyclic) bond motifs is 3. The number of hydrogen-bond donors (Lipinski definition) is 0. The lowest BCUT2D eigenvalue weighted by Crippen LogP contribution is -2.01. The van der Waals surface area contributed by atoms with Crippen LogP contribution in [0.15, 0.2) is 165 Å². The van der Waals surface area contributed by atoms with Gasteiger partial charge in [0.05, 0.1) is 55.9 Å². The Hall–Kier alpha value is -9.83. The largest absolute Gasteiger partial charge is 0.337 e. The highest BCUT2D eigenvalue weighted by atomic mass is 16.1. The van der Waals surface area contributed by atoms with Crippen LogP contribution in [0.25, 0.3) is 79.0 Å². The minimum Gasteiger partial charge on any atom is -0.337 e. The topological polar surface area (TPSA) is 187 Å². The second-order valence-corrected chi connectivity index (χ2v) is 18.0. The van der Waals surface area contributed by atoms with Crippen molar-refractivity contribution >= 4 is 51.5 Å². The summed E-state index contributed by atoms with van der Waals surface area (Å²) in [7, 11) is 5.81. The lowest BCUT2D eigenvalue weighted by atomic mass is 10.2. The number of hydrogen-bond acceptors (Lipinski definition) is 13. The second-order valence-electron chi connectivity index (χ2n) is 18.0. The number of aldehydes is 1. The monoisotopic (exact) mass is 1000 g/mol. The predicted octanol–water partition coefficient (Wildman–Crippen LogP) is 11.0. The summed E-state index contributed by atoms with van der Waals surface area (Å²) in [4.78, 5) is 63.5. The Morgan fingerprint density at radius 3 is 1.38 bits per heavy atom. The predicted molar refractivity (Wildman–Crippen MR) is 299 cm³/mol. The van der Waals surface area contributed by atoms with Crippen molar-refractivity contribution in [2.24, 2.45) is 21.1 Å². The zero-order chi connectivity index (χ0) is 53.0. The number of carbonyl (C=O) groups excluding carboxylic acids is 1. The van der Waals surface area contributed by atoms with Crippen LogP contribution >= 0.6 is 0 Å². The average molecular weight is 1000 g/mol. The Balaban J connectivity index is 0.000000130. The van der Waals surface area contributed by atoms with Crippen molar-refractivity contribution < 1.29 is 4.79 Å². The van der Waals surface area contributed by atoms with Gasteiger partial charge in [0, 0.05) is 128 Å². The van der Waals surface area contributed by atoms with Gasteiger partial charge < -0.3 is 13.7 Å². The zero-order valence-electron chi connectivity index (χ0n) is 43.4. The van der Waals surface area contributed by atoms with Crippen LogP contribution in [0.2, 0.25) is 0 Å². The van der Waals surface area contributed by atoms with E-state index in [1.807, 2.05) is 186 Å². The molecule has 76 heavy (non-hydrogen) atoms. The van der Waals surface area contributed by atoms with Gasteiger partial charge >= 0.3 is 0 Å². The third-order valence-electron chi connectivity index (χ3n) is 12.1. The van der Waals surface area contributed by atoms with Crippen molar-refractivity contribution in [3.63, 3.8) is 0 Å². The first-order valence-electron chi connectivity index (χ1n) is 24.6. The molecule has 0 N–H and O–H groups in total. The number of aryl methyl sites for hydroxylation is 9. The first-order valence-corrected chi connectivity index (χ1v) is 24.6. The number of imidazole rings is 3. The van der Waals surface area contributed by atoms with E-state index in [2.05, 4.69) is 71.7 Å². The Kier molecular flexibility index (Phi) is 16.0. The summed E-state index contributed by atoms with van der Waals surface area (Å²) in [6.07, 6.45) is 23.1. The smallest absolute Gasteiger partial charge is 0.185 e. The zero-order valence-corrected chi connectivity index (χ0v) is 43.4. The van der Waals surface area contributed by atoms with Gasteiger partial charge in [-0.2, -0.15) is 0 Å². The van der Waals surface area contributed by atoms with Gasteiger partial charge in [-0.3, -0.25) is 44.7 Å². The molecule has 0 saturated heterocycles. The van der Waals surface area contributed by atoms with Gasteiger partial charge in [-0.25, -0.2) is 19.9 Å². The molecule has 0 aliphatic carbocycles. The first-order chi connectivity index (χ1) is 36.9. The van der Waals surface area contributed by atoms with Crippen molar-refractivity contribution in [2.75, 3.05) is 0 Å². The second kappa shape index (κ2) is 23.8. The van der Waals surface area contributed by atoms with Crippen LogP contribution in [0.3, 0.4) is 0 Å². The number of aromatic nitrogens is 15. The molecule has 12 heterocycles. The van der Waals surface area contributed by atoms with Gasteiger partial charge in [-0.05, 0) is 155 Å². The Labute approximate surface area is 440 Å². The minimum atomic E-state index is 0.422. The molecule has 0 radical (unpaired) electrons. The molecule has 0 saturated carbocycles. The lowest BCUT2D eigenvalue weighted by molar-refractivity contribution is 0.111. The summed E-state index contributed by atoms with van der Waals surface area (Å²) >= 11 is 0. The van der Waals surface area contributed by atoms with Gasteiger partial charge in [0.1, 0.15) is 11.6 Å². The summed E-state index contributed by atoms with van der Waals surface area (Å²) < 4.78 is 5.77. The van der Waals surface area contributed by atoms with E-state index in [4.69, 9.17) is 4.98 Å². The molecule has 0 unspecified atom stereocenters. The van der Waals surface area contributed by atoms with E-state index < -0.39 is 0 Å². The fourth-order valence-electron chi connectivity index (χ4n) is 7.90. The Morgan fingerprint density at radius 1 is 0.395 bits per heavy atom. The van der Waals surface area contributed by atoms with Crippen LogP contribution in [-0.2, 0) is 34.0 Å². The normalized spacial score (nSPS) is 10.9. The highest BCUT2D eigenvalue weighted by Crippen LogP contribution is 2.22. The van der Waals surface area contributed by atoms with Crippen LogP contribution in [0.4, 0.5) is 0 Å². The summed E-state index contributed by atoms with van der Waals surface area (Å²) in [5, 5.41) is 0. The van der Waals surface area contributed by atoms with Crippen LogP contribution < -0.4 is 0 Å². The van der Waals surface area contributed by atoms with Crippen molar-refractivity contribution in [3.8, 4) is 33.8 Å². The van der Waals surface area contributed by atoms with E-state index in [0.717, 1.165) is 132 Å². The van der Waals surface area contributed by atoms with Crippen LogP contribution in [0.5, 0.6) is 0 Å². The van der Waals surface area contributed by atoms with Crippen molar-refractivity contribution in [1.82, 2.24) is 73.5 Å². The summed E-state index contributed by atoms with van der Waals surface area (Å²) in [6.45, 7) is 7.87. The molecule has 16 nitrogen and oxygen atoms in total. The molecular formula is C60H55N15O. The standard InChI is InChI=1S/C20H19N5.C20H17N5.C11H11N3O.C9H8N2/c2*1-14-5-6-15(12-22-14)19-13-25(2)20(24-19)10-8-16-7-9-17-18(23-16)4-3-11-21-17;1-8-3-4-9(5-12-8)10-6-14(2)11(7-15)13-10;1-7-4-5-8-9(11-7)3-2-6-10-8/h3-7,9,11-13H,8,10H2,1-2H3;3-13H,1-2H3;3-7H,1-2H3;2-6H,1H3/b;10-8+;;.